The van der Waals surface area contributed by atoms with Gasteiger partial charge in [0, 0.05) is 27.1 Å². The average Bonchev–Trinajstić information content (AvgIpc) is 3.15. The molecule has 0 fully saturated rings. The summed E-state index contributed by atoms with van der Waals surface area (Å²) in [6.45, 7) is 0. The van der Waals surface area contributed by atoms with Crippen LogP contribution in [0.4, 0.5) is 4.39 Å². The molecule has 4 aromatic carbocycles. The molecule has 0 amide bonds. The normalized spacial score (nSPS) is 11.1. The smallest absolute Gasteiger partial charge is 0.134 e. The fraction of sp³-hybridized carbons (Fsp3) is 0. The minimum atomic E-state index is -0.298. The third-order valence-corrected chi connectivity index (χ3v) is 5.76. The molecule has 0 aliphatic heterocycles. The Kier molecular flexibility index (Phi) is 4.49. The molecule has 1 aromatic heterocycles. The summed E-state index contributed by atoms with van der Waals surface area (Å²) in [6, 6.07) is 31.1. The van der Waals surface area contributed by atoms with Gasteiger partial charge in [0.1, 0.15) is 5.82 Å². The third-order valence-electron chi connectivity index (χ3n) is 4.96. The molecule has 0 N–H and O–H groups in total. The van der Waals surface area contributed by atoms with Gasteiger partial charge >= 0.3 is 0 Å². The number of halogens is 2. The molecule has 0 saturated carbocycles. The van der Waals surface area contributed by atoms with Crippen molar-refractivity contribution in [3.8, 4) is 28.1 Å². The van der Waals surface area contributed by atoms with Gasteiger partial charge in [-0.2, -0.15) is 5.10 Å². The molecule has 140 valence electrons. The third kappa shape index (κ3) is 3.06. The van der Waals surface area contributed by atoms with Crippen LogP contribution in [0.3, 0.4) is 0 Å². The second-order valence-corrected chi connectivity index (χ2v) is 7.56. The predicted octanol–water partition coefficient (Wildman–Crippen LogP) is 7.26. The van der Waals surface area contributed by atoms with Crippen LogP contribution in [0.2, 0.25) is 0 Å². The Bertz CT molecular complexity index is 1300. The lowest BCUT2D eigenvalue weighted by Gasteiger charge is -2.11. The van der Waals surface area contributed by atoms with Gasteiger partial charge in [-0.15, -0.1) is 0 Å². The van der Waals surface area contributed by atoms with E-state index in [4.69, 9.17) is 5.10 Å². The fourth-order valence-corrected chi connectivity index (χ4v) is 4.47. The SMILES string of the molecule is Fc1cc2nn(-c3ccccc3)c(-c3ccccc3)c2c(Br)c1-c1ccccc1. The van der Waals surface area contributed by atoms with E-state index in [1.807, 2.05) is 95.7 Å². The Morgan fingerprint density at radius 1 is 0.724 bits per heavy atom. The van der Waals surface area contributed by atoms with Gasteiger partial charge in [0.05, 0.1) is 16.9 Å². The molecule has 0 unspecified atom stereocenters. The van der Waals surface area contributed by atoms with Crippen molar-refractivity contribution < 1.29 is 4.39 Å². The van der Waals surface area contributed by atoms with Gasteiger partial charge in [0.2, 0.25) is 0 Å². The Hall–Kier alpha value is -3.24. The lowest BCUT2D eigenvalue weighted by Crippen LogP contribution is -1.98. The summed E-state index contributed by atoms with van der Waals surface area (Å²) in [5, 5.41) is 5.65. The van der Waals surface area contributed by atoms with Gasteiger partial charge < -0.3 is 0 Å². The predicted molar refractivity (Wildman–Crippen MR) is 120 cm³/mol. The number of rotatable bonds is 3. The monoisotopic (exact) mass is 442 g/mol. The lowest BCUT2D eigenvalue weighted by molar-refractivity contribution is 0.632. The van der Waals surface area contributed by atoms with Crippen LogP contribution in [0, 0.1) is 5.82 Å². The zero-order chi connectivity index (χ0) is 19.8. The average molecular weight is 443 g/mol. The van der Waals surface area contributed by atoms with Crippen LogP contribution < -0.4 is 0 Å². The number of fused-ring (bicyclic) bond motifs is 1. The zero-order valence-electron chi connectivity index (χ0n) is 15.4. The van der Waals surface area contributed by atoms with E-state index in [2.05, 4.69) is 15.9 Å². The highest BCUT2D eigenvalue weighted by molar-refractivity contribution is 9.10. The summed E-state index contributed by atoms with van der Waals surface area (Å²) < 4.78 is 17.7. The molecule has 0 spiro atoms. The lowest BCUT2D eigenvalue weighted by atomic mass is 10.0. The van der Waals surface area contributed by atoms with E-state index in [9.17, 15) is 0 Å². The van der Waals surface area contributed by atoms with E-state index < -0.39 is 0 Å². The Morgan fingerprint density at radius 3 is 1.90 bits per heavy atom. The molecule has 2 nitrogen and oxygen atoms in total. The van der Waals surface area contributed by atoms with E-state index in [0.29, 0.717) is 15.6 Å². The van der Waals surface area contributed by atoms with Crippen molar-refractivity contribution in [2.24, 2.45) is 0 Å². The number of para-hydroxylation sites is 1. The Balaban J connectivity index is 1.90. The van der Waals surface area contributed by atoms with Gasteiger partial charge in [-0.3, -0.25) is 0 Å². The largest absolute Gasteiger partial charge is 0.232 e. The molecule has 0 aliphatic carbocycles. The second-order valence-electron chi connectivity index (χ2n) is 6.77. The number of hydrogen-bond acceptors (Lipinski definition) is 1. The van der Waals surface area contributed by atoms with Crippen LogP contribution in [-0.2, 0) is 0 Å². The molecular weight excluding hydrogens is 427 g/mol. The maximum absolute atomic E-state index is 15.1. The molecule has 0 atom stereocenters. The number of aromatic nitrogens is 2. The van der Waals surface area contributed by atoms with Crippen LogP contribution in [0.5, 0.6) is 0 Å². The summed E-state index contributed by atoms with van der Waals surface area (Å²) in [5.74, 6) is -0.298. The van der Waals surface area contributed by atoms with E-state index in [0.717, 1.165) is 27.9 Å². The molecule has 0 aliphatic rings. The van der Waals surface area contributed by atoms with Crippen LogP contribution in [-0.4, -0.2) is 9.78 Å². The van der Waals surface area contributed by atoms with Crippen LogP contribution in [0.15, 0.2) is 102 Å². The summed E-state index contributed by atoms with van der Waals surface area (Å²) in [4.78, 5) is 0. The van der Waals surface area contributed by atoms with Crippen molar-refractivity contribution in [3.63, 3.8) is 0 Å². The van der Waals surface area contributed by atoms with E-state index >= 15 is 4.39 Å². The summed E-state index contributed by atoms with van der Waals surface area (Å²) >= 11 is 3.71. The Labute approximate surface area is 176 Å². The van der Waals surface area contributed by atoms with Gasteiger partial charge in [-0.1, -0.05) is 78.9 Å². The number of nitrogens with zero attached hydrogens (tertiary/aromatic N) is 2. The quantitative estimate of drug-likeness (QED) is 0.287. The van der Waals surface area contributed by atoms with Gasteiger partial charge in [0.15, 0.2) is 0 Å². The molecule has 0 radical (unpaired) electrons. The molecule has 1 heterocycles. The Morgan fingerprint density at radius 2 is 1.28 bits per heavy atom. The van der Waals surface area contributed by atoms with Crippen molar-refractivity contribution >= 4 is 26.8 Å². The first-order chi connectivity index (χ1) is 14.2. The van der Waals surface area contributed by atoms with Gasteiger partial charge in [-0.05, 0) is 33.6 Å². The van der Waals surface area contributed by atoms with Crippen molar-refractivity contribution in [2.45, 2.75) is 0 Å². The highest BCUT2D eigenvalue weighted by Gasteiger charge is 2.22. The van der Waals surface area contributed by atoms with E-state index in [-0.39, 0.29) is 5.82 Å². The van der Waals surface area contributed by atoms with Crippen molar-refractivity contribution in [2.75, 3.05) is 0 Å². The van der Waals surface area contributed by atoms with Crippen molar-refractivity contribution in [1.82, 2.24) is 9.78 Å². The molecule has 0 saturated heterocycles. The van der Waals surface area contributed by atoms with E-state index in [1.54, 1.807) is 0 Å². The standard InChI is InChI=1S/C25H16BrFN2/c26-24-22(17-10-4-1-5-11-17)20(27)16-21-23(24)25(18-12-6-2-7-13-18)29(28-21)19-14-8-3-9-15-19/h1-16H. The molecule has 5 aromatic rings. The van der Waals surface area contributed by atoms with Crippen LogP contribution >= 0.6 is 15.9 Å². The maximum atomic E-state index is 15.1. The second kappa shape index (κ2) is 7.30. The first kappa shape index (κ1) is 17.8. The summed E-state index contributed by atoms with van der Waals surface area (Å²) in [7, 11) is 0. The van der Waals surface area contributed by atoms with Crippen molar-refractivity contribution in [3.05, 3.63) is 107 Å². The summed E-state index contributed by atoms with van der Waals surface area (Å²) in [5.41, 5.74) is 4.85. The highest BCUT2D eigenvalue weighted by atomic mass is 79.9. The minimum absolute atomic E-state index is 0.298. The van der Waals surface area contributed by atoms with Crippen LogP contribution in [0.1, 0.15) is 0 Å². The highest BCUT2D eigenvalue weighted by Crippen LogP contribution is 2.42. The molecule has 5 rings (SSSR count). The first-order valence-corrected chi connectivity index (χ1v) is 10.1. The molecule has 4 heteroatoms. The molecule has 0 bridgehead atoms. The van der Waals surface area contributed by atoms with Crippen molar-refractivity contribution in [1.29, 1.82) is 0 Å². The van der Waals surface area contributed by atoms with Crippen LogP contribution in [0.25, 0.3) is 39.0 Å². The number of benzene rings is 4. The first-order valence-electron chi connectivity index (χ1n) is 9.31. The minimum Gasteiger partial charge on any atom is -0.232 e. The van der Waals surface area contributed by atoms with E-state index in [1.165, 1.54) is 6.07 Å². The van der Waals surface area contributed by atoms with Gasteiger partial charge in [-0.25, -0.2) is 9.07 Å². The van der Waals surface area contributed by atoms with Gasteiger partial charge in [0.25, 0.3) is 0 Å². The summed E-state index contributed by atoms with van der Waals surface area (Å²) in [6.07, 6.45) is 0. The number of hydrogen-bond donors (Lipinski definition) is 0. The topological polar surface area (TPSA) is 17.8 Å². The zero-order valence-corrected chi connectivity index (χ0v) is 17.0. The fourth-order valence-electron chi connectivity index (χ4n) is 3.66. The maximum Gasteiger partial charge on any atom is 0.134 e. The molecule has 29 heavy (non-hydrogen) atoms. The molecular formula is C25H16BrFN2.